The molecule has 0 N–H and O–H groups in total. The van der Waals surface area contributed by atoms with E-state index in [0.29, 0.717) is 25.5 Å². The molecule has 1 amide bonds. The summed E-state index contributed by atoms with van der Waals surface area (Å²) in [6, 6.07) is 20.6. The fraction of sp³-hybridized carbons (Fsp3) is 0.400. The zero-order valence-corrected chi connectivity index (χ0v) is 22.1. The average molecular weight is 491 g/mol. The Hall–Kier alpha value is -3.38. The van der Waals surface area contributed by atoms with Gasteiger partial charge >= 0.3 is 6.09 Å². The van der Waals surface area contributed by atoms with Crippen LogP contribution in [0.3, 0.4) is 0 Å². The molecule has 4 rings (SSSR count). The van der Waals surface area contributed by atoms with Gasteiger partial charge in [-0.15, -0.1) is 0 Å². The summed E-state index contributed by atoms with van der Waals surface area (Å²) < 4.78 is 16.6. The highest BCUT2D eigenvalue weighted by Crippen LogP contribution is 2.26. The molecule has 0 spiro atoms. The Labute approximate surface area is 215 Å². The van der Waals surface area contributed by atoms with Gasteiger partial charge in [-0.3, -0.25) is 4.98 Å². The fourth-order valence-corrected chi connectivity index (χ4v) is 3.68. The number of amides is 1. The van der Waals surface area contributed by atoms with Crippen LogP contribution in [0.5, 0.6) is 5.75 Å². The van der Waals surface area contributed by atoms with Gasteiger partial charge in [0.05, 0.1) is 18.8 Å². The van der Waals surface area contributed by atoms with Crippen LogP contribution in [0.15, 0.2) is 73.1 Å². The monoisotopic (exact) mass is 490 g/mol. The van der Waals surface area contributed by atoms with E-state index in [1.807, 2.05) is 57.3 Å². The molecule has 0 bridgehead atoms. The molecule has 0 aliphatic carbocycles. The van der Waals surface area contributed by atoms with Gasteiger partial charge in [-0.05, 0) is 57.7 Å². The molecule has 1 atom stereocenters. The van der Waals surface area contributed by atoms with Gasteiger partial charge in [0.1, 0.15) is 18.0 Å². The van der Waals surface area contributed by atoms with Crippen LogP contribution in [-0.2, 0) is 15.9 Å². The third-order valence-corrected chi connectivity index (χ3v) is 5.72. The number of carbonyl (C=O) groups is 1. The van der Waals surface area contributed by atoms with Gasteiger partial charge in [0, 0.05) is 25.4 Å². The van der Waals surface area contributed by atoms with Crippen molar-refractivity contribution in [1.29, 1.82) is 0 Å². The number of methoxy groups -OCH3 is 1. The Morgan fingerprint density at radius 1 is 1.03 bits per heavy atom. The molecule has 1 aromatic heterocycles. The third kappa shape index (κ3) is 8.68. The molecule has 36 heavy (non-hydrogen) atoms. The summed E-state index contributed by atoms with van der Waals surface area (Å²) in [5, 5.41) is 0. The van der Waals surface area contributed by atoms with Gasteiger partial charge in [-0.1, -0.05) is 60.2 Å². The van der Waals surface area contributed by atoms with E-state index < -0.39 is 5.60 Å². The highest BCUT2D eigenvalue weighted by molar-refractivity contribution is 5.69. The number of carbonyl (C=O) groups excluding carboxylic acids is 1. The maximum atomic E-state index is 12.2. The summed E-state index contributed by atoms with van der Waals surface area (Å²) >= 11 is 0. The lowest BCUT2D eigenvalue weighted by molar-refractivity contribution is -0.0141. The Kier molecular flexibility index (Phi) is 9.88. The molecule has 1 saturated heterocycles. The van der Waals surface area contributed by atoms with Crippen LogP contribution in [-0.4, -0.2) is 54.5 Å². The van der Waals surface area contributed by atoms with Crippen molar-refractivity contribution in [1.82, 2.24) is 9.88 Å². The molecular formula is C30H38N2O4. The lowest BCUT2D eigenvalue weighted by atomic mass is 10.0. The van der Waals surface area contributed by atoms with Gasteiger partial charge in [-0.25, -0.2) is 4.79 Å². The molecule has 0 saturated carbocycles. The summed E-state index contributed by atoms with van der Waals surface area (Å²) in [5.41, 5.74) is 4.14. The molecule has 1 unspecified atom stereocenters. The molecular weight excluding hydrogens is 452 g/mol. The standard InChI is InChI=1S/C23H30N2O4.C7H8/c1-23(2,3)29-22(26)25-10-8-20(25)16-28-21-13-19(14-24-15-21)18-7-5-6-17(12-18)9-11-27-4;1-7-5-3-2-4-6-7/h5-7,12-15,20H,8-11,16H2,1-4H3;2-6H,1H3. The van der Waals surface area contributed by atoms with Crippen molar-refractivity contribution < 1.29 is 19.0 Å². The Balaban J connectivity index is 0.000000444. The molecule has 1 aliphatic heterocycles. The highest BCUT2D eigenvalue weighted by Gasteiger charge is 2.35. The van der Waals surface area contributed by atoms with Gasteiger partial charge in [0.15, 0.2) is 0 Å². The number of hydrogen-bond acceptors (Lipinski definition) is 5. The second-order valence-electron chi connectivity index (χ2n) is 9.93. The smallest absolute Gasteiger partial charge is 0.410 e. The SMILES string of the molecule is COCCc1cccc(-c2cncc(OCC3CCN3C(=O)OC(C)(C)C)c2)c1.Cc1ccccc1. The molecule has 2 heterocycles. The van der Waals surface area contributed by atoms with E-state index in [0.717, 1.165) is 24.0 Å². The van der Waals surface area contributed by atoms with Gasteiger partial charge in [0.2, 0.25) is 0 Å². The van der Waals surface area contributed by atoms with E-state index in [4.69, 9.17) is 14.2 Å². The van der Waals surface area contributed by atoms with E-state index in [-0.39, 0.29) is 12.1 Å². The lowest BCUT2D eigenvalue weighted by Crippen LogP contribution is -2.55. The first-order valence-electron chi connectivity index (χ1n) is 12.4. The van der Waals surface area contributed by atoms with Gasteiger partial charge in [0.25, 0.3) is 0 Å². The first kappa shape index (κ1) is 27.2. The van der Waals surface area contributed by atoms with Crippen molar-refractivity contribution in [2.75, 3.05) is 26.9 Å². The van der Waals surface area contributed by atoms with Crippen molar-refractivity contribution in [3.63, 3.8) is 0 Å². The number of rotatable bonds is 7. The number of ether oxygens (including phenoxy) is 3. The van der Waals surface area contributed by atoms with Crippen LogP contribution >= 0.6 is 0 Å². The van der Waals surface area contributed by atoms with Crippen molar-refractivity contribution in [3.8, 4) is 16.9 Å². The van der Waals surface area contributed by atoms with Crippen molar-refractivity contribution >= 4 is 6.09 Å². The number of pyridine rings is 1. The normalized spacial score (nSPS) is 14.8. The van der Waals surface area contributed by atoms with Crippen LogP contribution in [0.2, 0.25) is 0 Å². The topological polar surface area (TPSA) is 60.9 Å². The highest BCUT2D eigenvalue weighted by atomic mass is 16.6. The van der Waals surface area contributed by atoms with E-state index in [1.54, 1.807) is 18.2 Å². The number of benzene rings is 2. The van der Waals surface area contributed by atoms with Crippen LogP contribution in [0.1, 0.15) is 38.3 Å². The van der Waals surface area contributed by atoms with E-state index in [9.17, 15) is 4.79 Å². The maximum Gasteiger partial charge on any atom is 0.410 e. The summed E-state index contributed by atoms with van der Waals surface area (Å²) in [7, 11) is 1.71. The van der Waals surface area contributed by atoms with E-state index in [1.165, 1.54) is 11.1 Å². The Bertz CT molecular complexity index is 1100. The van der Waals surface area contributed by atoms with Crippen molar-refractivity contribution in [3.05, 3.63) is 84.2 Å². The van der Waals surface area contributed by atoms with Crippen LogP contribution in [0, 0.1) is 6.92 Å². The van der Waals surface area contributed by atoms with Crippen molar-refractivity contribution in [2.45, 2.75) is 52.2 Å². The number of hydrogen-bond donors (Lipinski definition) is 0. The fourth-order valence-electron chi connectivity index (χ4n) is 3.68. The minimum Gasteiger partial charge on any atom is -0.490 e. The summed E-state index contributed by atoms with van der Waals surface area (Å²) in [6.07, 6.45) is 5.04. The summed E-state index contributed by atoms with van der Waals surface area (Å²) in [5.74, 6) is 0.695. The zero-order valence-electron chi connectivity index (χ0n) is 22.1. The molecule has 3 aromatic rings. The van der Waals surface area contributed by atoms with Crippen LogP contribution < -0.4 is 4.74 Å². The predicted octanol–water partition coefficient (Wildman–Crippen LogP) is 6.32. The first-order valence-corrected chi connectivity index (χ1v) is 12.4. The largest absolute Gasteiger partial charge is 0.490 e. The average Bonchev–Trinajstić information content (AvgIpc) is 2.82. The van der Waals surface area contributed by atoms with E-state index in [2.05, 4.69) is 42.2 Å². The van der Waals surface area contributed by atoms with Gasteiger partial charge < -0.3 is 19.1 Å². The summed E-state index contributed by atoms with van der Waals surface area (Å²) in [6.45, 7) is 9.53. The molecule has 6 nitrogen and oxygen atoms in total. The number of nitrogens with zero attached hydrogens (tertiary/aromatic N) is 2. The Morgan fingerprint density at radius 2 is 1.81 bits per heavy atom. The predicted molar refractivity (Wildman–Crippen MR) is 143 cm³/mol. The quantitative estimate of drug-likeness (QED) is 0.388. The molecule has 6 heteroatoms. The number of aryl methyl sites for hydroxylation is 1. The first-order chi connectivity index (χ1) is 17.2. The van der Waals surface area contributed by atoms with Crippen LogP contribution in [0.4, 0.5) is 4.79 Å². The summed E-state index contributed by atoms with van der Waals surface area (Å²) in [4.78, 5) is 18.3. The molecule has 2 aromatic carbocycles. The second kappa shape index (κ2) is 13.1. The van der Waals surface area contributed by atoms with Gasteiger partial charge in [-0.2, -0.15) is 0 Å². The Morgan fingerprint density at radius 3 is 2.42 bits per heavy atom. The number of aromatic nitrogens is 1. The van der Waals surface area contributed by atoms with E-state index >= 15 is 0 Å². The maximum absolute atomic E-state index is 12.2. The zero-order chi connectivity index (χ0) is 26.0. The van der Waals surface area contributed by atoms with Crippen molar-refractivity contribution in [2.24, 2.45) is 0 Å². The number of likely N-dealkylation sites (tertiary alicyclic amines) is 1. The second-order valence-corrected chi connectivity index (χ2v) is 9.93. The molecule has 1 fully saturated rings. The minimum atomic E-state index is -0.492. The third-order valence-electron chi connectivity index (χ3n) is 5.72. The minimum absolute atomic E-state index is 0.0332. The molecule has 0 radical (unpaired) electrons. The lowest BCUT2D eigenvalue weighted by Gasteiger charge is -2.40. The molecule has 1 aliphatic rings. The van der Waals surface area contributed by atoms with Crippen LogP contribution in [0.25, 0.3) is 11.1 Å². The molecule has 192 valence electrons.